The third-order valence-electron chi connectivity index (χ3n) is 2.16. The molecular formula is C12H9NO3. The second-order valence-electron chi connectivity index (χ2n) is 3.29. The molecule has 0 unspecified atom stereocenters. The Morgan fingerprint density at radius 2 is 1.88 bits per heavy atom. The van der Waals surface area contributed by atoms with E-state index in [9.17, 15) is 4.79 Å². The number of aliphatic carboxylic acids is 1. The van der Waals surface area contributed by atoms with Crippen LogP contribution in [0.5, 0.6) is 0 Å². The summed E-state index contributed by atoms with van der Waals surface area (Å²) in [4.78, 5) is 14.5. The van der Waals surface area contributed by atoms with E-state index in [1.165, 1.54) is 0 Å². The number of pyridine rings is 1. The number of fused-ring (bicyclic) bond motifs is 1. The van der Waals surface area contributed by atoms with Crippen LogP contribution in [-0.2, 0) is 4.79 Å². The summed E-state index contributed by atoms with van der Waals surface area (Å²) in [5.74, 6) is -2.09. The molecule has 4 nitrogen and oxygen atoms in total. The molecule has 2 aromatic rings. The van der Waals surface area contributed by atoms with Gasteiger partial charge in [-0.25, -0.2) is 4.79 Å². The van der Waals surface area contributed by atoms with Gasteiger partial charge in [-0.2, -0.15) is 0 Å². The van der Waals surface area contributed by atoms with Crippen molar-refractivity contribution >= 4 is 22.8 Å². The van der Waals surface area contributed by atoms with Gasteiger partial charge in [0.1, 0.15) is 0 Å². The van der Waals surface area contributed by atoms with E-state index in [0.29, 0.717) is 5.69 Å². The van der Waals surface area contributed by atoms with E-state index in [-0.39, 0.29) is 0 Å². The maximum atomic E-state index is 10.4. The summed E-state index contributed by atoms with van der Waals surface area (Å²) in [6.07, 6.45) is 2.76. The molecule has 16 heavy (non-hydrogen) atoms. The monoisotopic (exact) mass is 215 g/mol. The van der Waals surface area contributed by atoms with Crippen molar-refractivity contribution in [1.29, 1.82) is 0 Å². The van der Waals surface area contributed by atoms with E-state index in [1.807, 2.05) is 24.3 Å². The van der Waals surface area contributed by atoms with E-state index in [0.717, 1.165) is 16.8 Å². The number of hydrogen-bond acceptors (Lipinski definition) is 3. The zero-order valence-electron chi connectivity index (χ0n) is 8.29. The minimum Gasteiger partial charge on any atom is -0.502 e. The number of hydrogen-bond donors (Lipinski definition) is 2. The minimum absolute atomic E-state index is 0.415. The molecule has 0 spiro atoms. The van der Waals surface area contributed by atoms with Gasteiger partial charge < -0.3 is 10.2 Å². The van der Waals surface area contributed by atoms with Gasteiger partial charge in [-0.15, -0.1) is 0 Å². The molecule has 0 aliphatic heterocycles. The number of aromatic nitrogens is 1. The fraction of sp³-hybridized carbons (Fsp3) is 0. The second-order valence-corrected chi connectivity index (χ2v) is 3.29. The SMILES string of the molecule is O=C(O)/C(O)=C/c1cc2ccccc2cn1. The average Bonchev–Trinajstić information content (AvgIpc) is 2.28. The Morgan fingerprint density at radius 1 is 1.19 bits per heavy atom. The van der Waals surface area contributed by atoms with Crippen LogP contribution in [0.4, 0.5) is 0 Å². The first-order valence-corrected chi connectivity index (χ1v) is 4.65. The quantitative estimate of drug-likeness (QED) is 0.595. The lowest BCUT2D eigenvalue weighted by molar-refractivity contribution is -0.135. The van der Waals surface area contributed by atoms with Crippen LogP contribution < -0.4 is 0 Å². The molecule has 0 bridgehead atoms. The highest BCUT2D eigenvalue weighted by Crippen LogP contribution is 2.14. The van der Waals surface area contributed by atoms with Crippen molar-refractivity contribution in [2.24, 2.45) is 0 Å². The van der Waals surface area contributed by atoms with Crippen LogP contribution in [0, 0.1) is 0 Å². The molecule has 0 aliphatic rings. The van der Waals surface area contributed by atoms with Crippen LogP contribution in [0.3, 0.4) is 0 Å². The Hall–Kier alpha value is -2.36. The highest BCUT2D eigenvalue weighted by Gasteiger charge is 2.04. The maximum Gasteiger partial charge on any atom is 0.371 e. The van der Waals surface area contributed by atoms with Crippen molar-refractivity contribution in [3.05, 3.63) is 48.0 Å². The largest absolute Gasteiger partial charge is 0.502 e. The molecule has 0 radical (unpaired) electrons. The molecule has 0 atom stereocenters. The van der Waals surface area contributed by atoms with Crippen LogP contribution in [0.1, 0.15) is 5.69 Å². The molecule has 1 heterocycles. The molecule has 0 fully saturated rings. The number of aliphatic hydroxyl groups excluding tert-OH is 1. The van der Waals surface area contributed by atoms with Gasteiger partial charge >= 0.3 is 5.97 Å². The van der Waals surface area contributed by atoms with Gasteiger partial charge in [0, 0.05) is 17.7 Å². The van der Waals surface area contributed by atoms with Crippen molar-refractivity contribution < 1.29 is 15.0 Å². The van der Waals surface area contributed by atoms with Crippen LogP contribution in [0.2, 0.25) is 0 Å². The van der Waals surface area contributed by atoms with Gasteiger partial charge in [0.05, 0.1) is 5.69 Å². The lowest BCUT2D eigenvalue weighted by Gasteiger charge is -1.98. The van der Waals surface area contributed by atoms with E-state index < -0.39 is 11.7 Å². The summed E-state index contributed by atoms with van der Waals surface area (Å²) in [6.45, 7) is 0. The zero-order valence-corrected chi connectivity index (χ0v) is 8.29. The lowest BCUT2D eigenvalue weighted by Crippen LogP contribution is -1.98. The predicted octanol–water partition coefficient (Wildman–Crippen LogP) is 2.22. The number of carboxylic acid groups (broad SMARTS) is 1. The Morgan fingerprint density at radius 3 is 2.56 bits per heavy atom. The third-order valence-corrected chi connectivity index (χ3v) is 2.16. The molecule has 4 heteroatoms. The molecule has 1 aromatic carbocycles. The number of aliphatic hydroxyl groups is 1. The summed E-state index contributed by atoms with van der Waals surface area (Å²) >= 11 is 0. The first-order chi connectivity index (χ1) is 7.66. The van der Waals surface area contributed by atoms with Crippen molar-refractivity contribution in [1.82, 2.24) is 4.98 Å². The molecule has 1 aromatic heterocycles. The molecule has 0 amide bonds. The van der Waals surface area contributed by atoms with Crippen molar-refractivity contribution in [2.45, 2.75) is 0 Å². The van der Waals surface area contributed by atoms with Gasteiger partial charge in [0.15, 0.2) is 0 Å². The Bertz CT molecular complexity index is 575. The van der Waals surface area contributed by atoms with Crippen LogP contribution >= 0.6 is 0 Å². The van der Waals surface area contributed by atoms with Gasteiger partial charge in [0.25, 0.3) is 0 Å². The van der Waals surface area contributed by atoms with Crippen molar-refractivity contribution in [3.8, 4) is 0 Å². The number of carboxylic acids is 1. The molecule has 80 valence electrons. The number of rotatable bonds is 2. The Labute approximate surface area is 91.5 Å². The minimum atomic E-state index is -1.37. The molecule has 0 saturated heterocycles. The summed E-state index contributed by atoms with van der Waals surface area (Å²) in [5.41, 5.74) is 0.415. The highest BCUT2D eigenvalue weighted by molar-refractivity contribution is 5.90. The van der Waals surface area contributed by atoms with Gasteiger partial charge in [-0.1, -0.05) is 24.3 Å². The second kappa shape index (κ2) is 4.02. The Kier molecular flexibility index (Phi) is 2.55. The van der Waals surface area contributed by atoms with Crippen molar-refractivity contribution in [2.75, 3.05) is 0 Å². The lowest BCUT2D eigenvalue weighted by atomic mass is 10.1. The van der Waals surface area contributed by atoms with E-state index >= 15 is 0 Å². The number of benzene rings is 1. The highest BCUT2D eigenvalue weighted by atomic mass is 16.4. The standard InChI is InChI=1S/C12H9NO3/c14-11(12(15)16)6-10-5-8-3-1-2-4-9(8)7-13-10/h1-7,14H,(H,15,16)/b11-6-. The zero-order chi connectivity index (χ0) is 11.5. The summed E-state index contributed by atoms with van der Waals surface area (Å²) in [7, 11) is 0. The first-order valence-electron chi connectivity index (χ1n) is 4.65. The van der Waals surface area contributed by atoms with Gasteiger partial charge in [-0.05, 0) is 11.5 Å². The summed E-state index contributed by atoms with van der Waals surface area (Å²) in [5, 5.41) is 19.5. The summed E-state index contributed by atoms with van der Waals surface area (Å²) in [6, 6.07) is 9.30. The van der Waals surface area contributed by atoms with E-state index in [1.54, 1.807) is 12.3 Å². The Balaban J connectivity index is 2.47. The van der Waals surface area contributed by atoms with E-state index in [4.69, 9.17) is 10.2 Å². The fourth-order valence-corrected chi connectivity index (χ4v) is 1.38. The number of nitrogens with zero attached hydrogens (tertiary/aromatic N) is 1. The van der Waals surface area contributed by atoms with Crippen LogP contribution in [0.15, 0.2) is 42.3 Å². The average molecular weight is 215 g/mol. The number of carbonyl (C=O) groups is 1. The molecule has 2 rings (SSSR count). The molecule has 2 N–H and O–H groups in total. The molecule has 0 saturated carbocycles. The third kappa shape index (κ3) is 2.00. The fourth-order valence-electron chi connectivity index (χ4n) is 1.38. The van der Waals surface area contributed by atoms with Gasteiger partial charge in [-0.3, -0.25) is 4.98 Å². The van der Waals surface area contributed by atoms with Crippen molar-refractivity contribution in [3.63, 3.8) is 0 Å². The molecule has 0 aliphatic carbocycles. The van der Waals surface area contributed by atoms with E-state index in [2.05, 4.69) is 4.98 Å². The normalized spacial score (nSPS) is 11.6. The topological polar surface area (TPSA) is 70.4 Å². The maximum absolute atomic E-state index is 10.4. The first kappa shape index (κ1) is 10.2. The predicted molar refractivity (Wildman–Crippen MR) is 60.0 cm³/mol. The smallest absolute Gasteiger partial charge is 0.371 e. The van der Waals surface area contributed by atoms with Gasteiger partial charge in [0.2, 0.25) is 5.76 Å². The van der Waals surface area contributed by atoms with Crippen LogP contribution in [-0.4, -0.2) is 21.2 Å². The van der Waals surface area contributed by atoms with Crippen LogP contribution in [0.25, 0.3) is 16.8 Å². The molecular weight excluding hydrogens is 206 g/mol. The summed E-state index contributed by atoms with van der Waals surface area (Å²) < 4.78 is 0.